The largest absolute Gasteiger partial charge is 0.492 e. The first-order valence-electron chi connectivity index (χ1n) is 9.21. The Kier molecular flexibility index (Phi) is 6.93. The van der Waals surface area contributed by atoms with Gasteiger partial charge in [0.15, 0.2) is 0 Å². The van der Waals surface area contributed by atoms with Crippen LogP contribution in [0.25, 0.3) is 0 Å². The van der Waals surface area contributed by atoms with Crippen molar-refractivity contribution < 1.29 is 14.4 Å². The van der Waals surface area contributed by atoms with E-state index in [1.807, 2.05) is 19.1 Å². The fourth-order valence-corrected chi connectivity index (χ4v) is 2.91. The van der Waals surface area contributed by atoms with Gasteiger partial charge in [0.25, 0.3) is 0 Å². The van der Waals surface area contributed by atoms with Crippen molar-refractivity contribution >= 4 is 23.0 Å². The zero-order valence-electron chi connectivity index (χ0n) is 15.8. The molecule has 10 heteroatoms. The molecule has 150 valence electrons. The third kappa shape index (κ3) is 5.05. The molecule has 0 unspecified atom stereocenters. The predicted molar refractivity (Wildman–Crippen MR) is 105 cm³/mol. The molecule has 1 aliphatic heterocycles. The van der Waals surface area contributed by atoms with Crippen molar-refractivity contribution in [1.29, 1.82) is 0 Å². The zero-order chi connectivity index (χ0) is 19.8. The first-order chi connectivity index (χ1) is 13.7. The van der Waals surface area contributed by atoms with Crippen LogP contribution in [0.15, 0.2) is 30.6 Å². The standard InChI is InChI=1S/C18H24N6O4/c1-2-28-15-6-4-3-5-14(15)22-18-16(24(25)26)17(20-13-21-18)19-7-8-23-9-11-27-12-10-23/h3-6,13H,2,7-12H2,1H3,(H2,19,20,21,22). The van der Waals surface area contributed by atoms with Gasteiger partial charge >= 0.3 is 5.69 Å². The molecule has 1 fully saturated rings. The van der Waals surface area contributed by atoms with Crippen molar-refractivity contribution in [1.82, 2.24) is 14.9 Å². The topological polar surface area (TPSA) is 115 Å². The Morgan fingerprint density at radius 1 is 1.25 bits per heavy atom. The van der Waals surface area contributed by atoms with E-state index in [-0.39, 0.29) is 17.3 Å². The Bertz CT molecular complexity index is 797. The molecule has 1 aliphatic rings. The minimum atomic E-state index is -0.483. The number of hydrogen-bond donors (Lipinski definition) is 2. The number of hydrogen-bond acceptors (Lipinski definition) is 9. The Morgan fingerprint density at radius 3 is 2.75 bits per heavy atom. The van der Waals surface area contributed by atoms with Gasteiger partial charge in [0, 0.05) is 26.2 Å². The molecule has 1 aromatic heterocycles. The van der Waals surface area contributed by atoms with E-state index in [0.29, 0.717) is 37.8 Å². The van der Waals surface area contributed by atoms with Gasteiger partial charge in [0.05, 0.1) is 30.4 Å². The van der Waals surface area contributed by atoms with Crippen LogP contribution in [0.3, 0.4) is 0 Å². The van der Waals surface area contributed by atoms with E-state index in [2.05, 4.69) is 25.5 Å². The van der Waals surface area contributed by atoms with Crippen molar-refractivity contribution in [2.75, 3.05) is 56.6 Å². The summed E-state index contributed by atoms with van der Waals surface area (Å²) in [5, 5.41) is 17.8. The van der Waals surface area contributed by atoms with E-state index in [0.717, 1.165) is 19.6 Å². The molecule has 0 saturated carbocycles. The van der Waals surface area contributed by atoms with Gasteiger partial charge in [0.1, 0.15) is 12.1 Å². The van der Waals surface area contributed by atoms with Crippen molar-refractivity contribution in [3.63, 3.8) is 0 Å². The highest BCUT2D eigenvalue weighted by Gasteiger charge is 2.24. The maximum Gasteiger partial charge on any atom is 0.353 e. The van der Waals surface area contributed by atoms with Gasteiger partial charge < -0.3 is 20.1 Å². The number of ether oxygens (including phenoxy) is 2. The molecule has 0 bridgehead atoms. The van der Waals surface area contributed by atoms with Crippen molar-refractivity contribution in [3.05, 3.63) is 40.7 Å². The molecule has 0 aliphatic carbocycles. The second-order valence-corrected chi connectivity index (χ2v) is 6.11. The van der Waals surface area contributed by atoms with E-state index in [4.69, 9.17) is 9.47 Å². The molecule has 10 nitrogen and oxygen atoms in total. The van der Waals surface area contributed by atoms with Gasteiger partial charge in [-0.3, -0.25) is 15.0 Å². The van der Waals surface area contributed by atoms with Gasteiger partial charge in [0.2, 0.25) is 11.6 Å². The molecule has 0 radical (unpaired) electrons. The summed E-state index contributed by atoms with van der Waals surface area (Å²) < 4.78 is 10.9. The van der Waals surface area contributed by atoms with Crippen LogP contribution in [-0.4, -0.2) is 65.8 Å². The Balaban J connectivity index is 1.75. The number of anilines is 3. The molecule has 0 amide bonds. The lowest BCUT2D eigenvalue weighted by atomic mass is 10.3. The highest BCUT2D eigenvalue weighted by atomic mass is 16.6. The van der Waals surface area contributed by atoms with Crippen LogP contribution in [0.2, 0.25) is 0 Å². The van der Waals surface area contributed by atoms with Gasteiger partial charge in [-0.1, -0.05) is 12.1 Å². The summed E-state index contributed by atoms with van der Waals surface area (Å²) in [6.45, 7) is 6.78. The van der Waals surface area contributed by atoms with E-state index < -0.39 is 4.92 Å². The Labute approximate surface area is 163 Å². The number of rotatable bonds is 9. The third-order valence-corrected chi connectivity index (χ3v) is 4.27. The summed E-state index contributed by atoms with van der Waals surface area (Å²) in [5.74, 6) is 0.894. The van der Waals surface area contributed by atoms with E-state index >= 15 is 0 Å². The molecular formula is C18H24N6O4. The summed E-state index contributed by atoms with van der Waals surface area (Å²) in [7, 11) is 0. The highest BCUT2D eigenvalue weighted by Crippen LogP contribution is 2.34. The molecule has 0 atom stereocenters. The summed E-state index contributed by atoms with van der Waals surface area (Å²) in [6, 6.07) is 7.23. The maximum absolute atomic E-state index is 11.7. The molecule has 1 aromatic carbocycles. The van der Waals surface area contributed by atoms with E-state index in [1.54, 1.807) is 12.1 Å². The lowest BCUT2D eigenvalue weighted by Crippen LogP contribution is -2.39. The summed E-state index contributed by atoms with van der Waals surface area (Å²) in [6.07, 6.45) is 1.30. The van der Waals surface area contributed by atoms with Gasteiger partial charge in [-0.05, 0) is 19.1 Å². The molecule has 2 N–H and O–H groups in total. The number of para-hydroxylation sites is 2. The maximum atomic E-state index is 11.7. The summed E-state index contributed by atoms with van der Waals surface area (Å²) in [4.78, 5) is 21.6. The van der Waals surface area contributed by atoms with E-state index in [1.165, 1.54) is 6.33 Å². The average molecular weight is 388 g/mol. The van der Waals surface area contributed by atoms with Crippen molar-refractivity contribution in [3.8, 4) is 5.75 Å². The predicted octanol–water partition coefficient (Wildman–Crippen LogP) is 2.27. The lowest BCUT2D eigenvalue weighted by Gasteiger charge is -2.26. The molecular weight excluding hydrogens is 364 g/mol. The van der Waals surface area contributed by atoms with E-state index in [9.17, 15) is 10.1 Å². The van der Waals surface area contributed by atoms with Gasteiger partial charge in [-0.2, -0.15) is 0 Å². The first-order valence-corrected chi connectivity index (χ1v) is 9.21. The molecule has 28 heavy (non-hydrogen) atoms. The van der Waals surface area contributed by atoms with Crippen LogP contribution >= 0.6 is 0 Å². The van der Waals surface area contributed by atoms with Crippen LogP contribution < -0.4 is 15.4 Å². The second kappa shape index (κ2) is 9.81. The second-order valence-electron chi connectivity index (χ2n) is 6.11. The molecule has 2 aromatic rings. The lowest BCUT2D eigenvalue weighted by molar-refractivity contribution is -0.383. The number of benzene rings is 1. The quantitative estimate of drug-likeness (QED) is 0.493. The highest BCUT2D eigenvalue weighted by molar-refractivity contribution is 5.75. The Morgan fingerprint density at radius 2 is 2.00 bits per heavy atom. The number of nitro groups is 1. The van der Waals surface area contributed by atoms with Crippen LogP contribution in [-0.2, 0) is 4.74 Å². The minimum Gasteiger partial charge on any atom is -0.492 e. The first kappa shape index (κ1) is 19.8. The monoisotopic (exact) mass is 388 g/mol. The number of aromatic nitrogens is 2. The molecule has 3 rings (SSSR count). The minimum absolute atomic E-state index is 0.112. The smallest absolute Gasteiger partial charge is 0.353 e. The van der Waals surface area contributed by atoms with Gasteiger partial charge in [-0.25, -0.2) is 9.97 Å². The zero-order valence-corrected chi connectivity index (χ0v) is 15.8. The number of nitrogens with zero attached hydrogens (tertiary/aromatic N) is 4. The Hall–Kier alpha value is -2.98. The average Bonchev–Trinajstić information content (AvgIpc) is 2.70. The summed E-state index contributed by atoms with van der Waals surface area (Å²) >= 11 is 0. The fourth-order valence-electron chi connectivity index (χ4n) is 2.91. The fraction of sp³-hybridized carbons (Fsp3) is 0.444. The molecule has 0 spiro atoms. The normalized spacial score (nSPS) is 14.5. The van der Waals surface area contributed by atoms with Crippen LogP contribution in [0.5, 0.6) is 5.75 Å². The molecule has 2 heterocycles. The SMILES string of the molecule is CCOc1ccccc1Nc1ncnc(NCCN2CCOCC2)c1[N+](=O)[O-]. The molecule has 1 saturated heterocycles. The summed E-state index contributed by atoms with van der Waals surface area (Å²) in [5.41, 5.74) is 0.404. The number of nitrogens with one attached hydrogen (secondary N) is 2. The third-order valence-electron chi connectivity index (χ3n) is 4.27. The van der Waals surface area contributed by atoms with Crippen LogP contribution in [0.1, 0.15) is 6.92 Å². The van der Waals surface area contributed by atoms with Crippen molar-refractivity contribution in [2.45, 2.75) is 6.92 Å². The van der Waals surface area contributed by atoms with Crippen molar-refractivity contribution in [2.24, 2.45) is 0 Å². The van der Waals surface area contributed by atoms with Crippen LogP contribution in [0.4, 0.5) is 23.0 Å². The van der Waals surface area contributed by atoms with Crippen LogP contribution in [0, 0.1) is 10.1 Å². The number of morpholine rings is 1. The van der Waals surface area contributed by atoms with Gasteiger partial charge in [-0.15, -0.1) is 0 Å².